The molecule has 1 atom stereocenters. The van der Waals surface area contributed by atoms with Gasteiger partial charge >= 0.3 is 0 Å². The van der Waals surface area contributed by atoms with Crippen molar-refractivity contribution in [2.24, 2.45) is 0 Å². The molecule has 17 heavy (non-hydrogen) atoms. The first-order valence-corrected chi connectivity index (χ1v) is 5.50. The van der Waals surface area contributed by atoms with Crippen LogP contribution in [0, 0.1) is 0 Å². The minimum Gasteiger partial charge on any atom is -0.365 e. The fraction of sp³-hybridized carbons (Fsp3) is 0.400. The van der Waals surface area contributed by atoms with Gasteiger partial charge in [-0.25, -0.2) is 9.97 Å². The van der Waals surface area contributed by atoms with Crippen LogP contribution in [0.2, 0.25) is 0 Å². The second-order valence-corrected chi connectivity index (χ2v) is 4.04. The van der Waals surface area contributed by atoms with Crippen molar-refractivity contribution in [2.45, 2.75) is 18.9 Å². The van der Waals surface area contributed by atoms with Gasteiger partial charge in [-0.2, -0.15) is 5.10 Å². The predicted octanol–water partition coefficient (Wildman–Crippen LogP) is 0.0434. The number of aromatic amines is 1. The Hall–Kier alpha value is -2.18. The summed E-state index contributed by atoms with van der Waals surface area (Å²) in [5.74, 6) is 0.865. The van der Waals surface area contributed by atoms with Crippen LogP contribution in [-0.4, -0.2) is 38.7 Å². The van der Waals surface area contributed by atoms with Crippen molar-refractivity contribution in [3.63, 3.8) is 0 Å². The number of piperidine rings is 1. The molecule has 3 heterocycles. The molecule has 88 valence electrons. The number of hydrogen-bond acceptors (Lipinski definition) is 5. The highest BCUT2D eigenvalue weighted by atomic mass is 16.1. The van der Waals surface area contributed by atoms with Crippen LogP contribution in [-0.2, 0) is 4.79 Å². The summed E-state index contributed by atoms with van der Waals surface area (Å²) in [6.45, 7) is 0.627. The molecule has 3 N–H and O–H groups in total. The summed E-state index contributed by atoms with van der Waals surface area (Å²) in [6.07, 6.45) is 4.55. The third-order valence-corrected chi connectivity index (χ3v) is 2.85. The Labute approximate surface area is 97.0 Å². The zero-order valence-electron chi connectivity index (χ0n) is 9.10. The Balaban J connectivity index is 1.80. The molecular weight excluding hydrogens is 220 g/mol. The first-order valence-electron chi connectivity index (χ1n) is 5.50. The van der Waals surface area contributed by atoms with Gasteiger partial charge in [-0.15, -0.1) is 0 Å². The molecule has 1 amide bonds. The van der Waals surface area contributed by atoms with Crippen molar-refractivity contribution in [2.75, 3.05) is 11.9 Å². The van der Waals surface area contributed by atoms with Crippen LogP contribution in [0.5, 0.6) is 0 Å². The molecule has 0 spiro atoms. The lowest BCUT2D eigenvalue weighted by molar-refractivity contribution is -0.122. The summed E-state index contributed by atoms with van der Waals surface area (Å²) in [5.41, 5.74) is 0.711. The third kappa shape index (κ3) is 1.91. The molecule has 1 saturated heterocycles. The summed E-state index contributed by atoms with van der Waals surface area (Å²) in [5, 5.41) is 13.7. The highest BCUT2D eigenvalue weighted by Crippen LogP contribution is 2.18. The molecule has 1 aliphatic heterocycles. The van der Waals surface area contributed by atoms with E-state index >= 15 is 0 Å². The topological polar surface area (TPSA) is 95.6 Å². The van der Waals surface area contributed by atoms with Crippen LogP contribution in [0.4, 0.5) is 5.82 Å². The molecule has 1 aliphatic rings. The Bertz CT molecular complexity index is 540. The molecule has 0 radical (unpaired) electrons. The average Bonchev–Trinajstić information content (AvgIpc) is 2.81. The number of H-pyrrole nitrogens is 1. The van der Waals surface area contributed by atoms with Crippen LogP contribution in [0.25, 0.3) is 11.0 Å². The van der Waals surface area contributed by atoms with Crippen LogP contribution in [0.3, 0.4) is 0 Å². The van der Waals surface area contributed by atoms with Gasteiger partial charge in [0.15, 0.2) is 5.65 Å². The molecule has 0 bridgehead atoms. The first kappa shape index (κ1) is 10.0. The van der Waals surface area contributed by atoms with Crippen molar-refractivity contribution >= 4 is 22.8 Å². The number of nitrogens with one attached hydrogen (secondary N) is 3. The standard InChI is InChI=1S/C10H12N6O/c17-8-2-1-6(3-11-8)15-9-7-4-14-16-10(7)13-5-12-9/h4-6H,1-3H2,(H,11,17)(H2,12,13,14,15,16). The van der Waals surface area contributed by atoms with E-state index in [4.69, 9.17) is 0 Å². The molecule has 0 saturated carbocycles. The average molecular weight is 232 g/mol. The van der Waals surface area contributed by atoms with Crippen molar-refractivity contribution in [1.29, 1.82) is 0 Å². The lowest BCUT2D eigenvalue weighted by Crippen LogP contribution is -2.42. The molecule has 3 rings (SSSR count). The van der Waals surface area contributed by atoms with E-state index in [0.29, 0.717) is 18.6 Å². The quantitative estimate of drug-likeness (QED) is 0.679. The number of nitrogens with zero attached hydrogens (tertiary/aromatic N) is 3. The first-order chi connectivity index (χ1) is 8.33. The van der Waals surface area contributed by atoms with Gasteiger partial charge in [0.1, 0.15) is 12.1 Å². The van der Waals surface area contributed by atoms with E-state index in [2.05, 4.69) is 30.8 Å². The molecule has 7 nitrogen and oxygen atoms in total. The highest BCUT2D eigenvalue weighted by Gasteiger charge is 2.19. The van der Waals surface area contributed by atoms with Gasteiger partial charge in [0.05, 0.1) is 11.6 Å². The van der Waals surface area contributed by atoms with E-state index in [-0.39, 0.29) is 11.9 Å². The monoisotopic (exact) mass is 232 g/mol. The zero-order valence-corrected chi connectivity index (χ0v) is 9.10. The number of carbonyl (C=O) groups is 1. The van der Waals surface area contributed by atoms with Crippen molar-refractivity contribution in [3.05, 3.63) is 12.5 Å². The summed E-state index contributed by atoms with van der Waals surface area (Å²) in [7, 11) is 0. The summed E-state index contributed by atoms with van der Waals surface area (Å²) < 4.78 is 0. The van der Waals surface area contributed by atoms with Crippen LogP contribution >= 0.6 is 0 Å². The Kier molecular flexibility index (Phi) is 2.36. The predicted molar refractivity (Wildman–Crippen MR) is 61.3 cm³/mol. The summed E-state index contributed by atoms with van der Waals surface area (Å²) in [4.78, 5) is 19.3. The molecule has 0 aromatic carbocycles. The maximum atomic E-state index is 11.1. The second kappa shape index (κ2) is 4.00. The maximum absolute atomic E-state index is 11.1. The molecule has 0 aliphatic carbocycles. The Morgan fingerprint density at radius 3 is 3.18 bits per heavy atom. The van der Waals surface area contributed by atoms with Crippen LogP contribution in [0.1, 0.15) is 12.8 Å². The fourth-order valence-corrected chi connectivity index (χ4v) is 1.93. The van der Waals surface area contributed by atoms with Crippen LogP contribution in [0.15, 0.2) is 12.5 Å². The highest BCUT2D eigenvalue weighted by molar-refractivity contribution is 5.85. The minimum absolute atomic E-state index is 0.110. The molecule has 1 fully saturated rings. The molecule has 7 heteroatoms. The number of rotatable bonds is 2. The van der Waals surface area contributed by atoms with Crippen molar-refractivity contribution in [1.82, 2.24) is 25.5 Å². The zero-order chi connectivity index (χ0) is 11.7. The molecule has 2 aromatic heterocycles. The fourth-order valence-electron chi connectivity index (χ4n) is 1.93. The van der Waals surface area contributed by atoms with Crippen molar-refractivity contribution in [3.8, 4) is 0 Å². The van der Waals surface area contributed by atoms with E-state index in [1.807, 2.05) is 0 Å². The second-order valence-electron chi connectivity index (χ2n) is 4.04. The Morgan fingerprint density at radius 1 is 1.41 bits per heavy atom. The van der Waals surface area contributed by atoms with E-state index in [0.717, 1.165) is 17.6 Å². The lowest BCUT2D eigenvalue weighted by atomic mass is 10.1. The van der Waals surface area contributed by atoms with Gasteiger partial charge in [0.25, 0.3) is 0 Å². The maximum Gasteiger partial charge on any atom is 0.220 e. The van der Waals surface area contributed by atoms with E-state index in [9.17, 15) is 4.79 Å². The Morgan fingerprint density at radius 2 is 2.35 bits per heavy atom. The SMILES string of the molecule is O=C1CCC(Nc2ncnc3[nH]ncc23)CN1. The van der Waals surface area contributed by atoms with E-state index < -0.39 is 0 Å². The van der Waals surface area contributed by atoms with Gasteiger partial charge in [-0.05, 0) is 6.42 Å². The minimum atomic E-state index is 0.110. The van der Waals surface area contributed by atoms with Crippen LogP contribution < -0.4 is 10.6 Å². The number of carbonyl (C=O) groups excluding carboxylic acids is 1. The molecular formula is C10H12N6O. The number of hydrogen-bond donors (Lipinski definition) is 3. The third-order valence-electron chi connectivity index (χ3n) is 2.85. The number of amides is 1. The molecule has 1 unspecified atom stereocenters. The molecule has 2 aromatic rings. The van der Waals surface area contributed by atoms with Gasteiger partial charge in [-0.1, -0.05) is 0 Å². The number of fused-ring (bicyclic) bond motifs is 1. The summed E-state index contributed by atoms with van der Waals surface area (Å²) in [6, 6.07) is 0.209. The van der Waals surface area contributed by atoms with Crippen molar-refractivity contribution < 1.29 is 4.79 Å². The normalized spacial score (nSPS) is 20.2. The van der Waals surface area contributed by atoms with Gasteiger partial charge < -0.3 is 10.6 Å². The largest absolute Gasteiger partial charge is 0.365 e. The van der Waals surface area contributed by atoms with Gasteiger partial charge in [0.2, 0.25) is 5.91 Å². The van der Waals surface area contributed by atoms with E-state index in [1.165, 1.54) is 6.33 Å². The smallest absolute Gasteiger partial charge is 0.220 e. The lowest BCUT2D eigenvalue weighted by Gasteiger charge is -2.23. The van der Waals surface area contributed by atoms with E-state index in [1.54, 1.807) is 6.20 Å². The number of anilines is 1. The van der Waals surface area contributed by atoms with Gasteiger partial charge in [0, 0.05) is 19.0 Å². The summed E-state index contributed by atoms with van der Waals surface area (Å²) >= 11 is 0. The number of aromatic nitrogens is 4. The van der Waals surface area contributed by atoms with Gasteiger partial charge in [-0.3, -0.25) is 9.89 Å².